The minimum atomic E-state index is -4.50. The van der Waals surface area contributed by atoms with Gasteiger partial charge in [-0.3, -0.25) is 9.48 Å². The number of aliphatic hydroxyl groups is 1. The van der Waals surface area contributed by atoms with E-state index in [9.17, 15) is 31.9 Å². The number of amides is 1. The Morgan fingerprint density at radius 1 is 1.29 bits per heavy atom. The van der Waals surface area contributed by atoms with Crippen LogP contribution in [-0.2, 0) is 13.0 Å². The molecule has 2 aromatic rings. The second kappa shape index (κ2) is 10.4. The third kappa shape index (κ3) is 6.14. The summed E-state index contributed by atoms with van der Waals surface area (Å²) in [6, 6.07) is 1.67. The molecular formula is C24H29ClF5N3O2. The van der Waals surface area contributed by atoms with E-state index in [0.717, 1.165) is 36.6 Å². The van der Waals surface area contributed by atoms with Crippen molar-refractivity contribution in [2.45, 2.75) is 71.2 Å². The maximum absolute atomic E-state index is 15.0. The van der Waals surface area contributed by atoms with Gasteiger partial charge in [-0.25, -0.2) is 8.78 Å². The van der Waals surface area contributed by atoms with Crippen molar-refractivity contribution in [2.75, 3.05) is 6.54 Å². The van der Waals surface area contributed by atoms with Gasteiger partial charge in [-0.1, -0.05) is 25.4 Å². The minimum Gasteiger partial charge on any atom is -0.388 e. The number of aryl methyl sites for hydroxylation is 1. The van der Waals surface area contributed by atoms with Crippen molar-refractivity contribution < 1.29 is 31.9 Å². The van der Waals surface area contributed by atoms with Crippen LogP contribution in [0.3, 0.4) is 0 Å². The van der Waals surface area contributed by atoms with E-state index in [2.05, 4.69) is 17.3 Å². The van der Waals surface area contributed by atoms with Gasteiger partial charge < -0.3 is 10.4 Å². The van der Waals surface area contributed by atoms with Gasteiger partial charge in [-0.2, -0.15) is 18.3 Å². The molecule has 5 nitrogen and oxygen atoms in total. The number of benzene rings is 1. The van der Waals surface area contributed by atoms with Crippen LogP contribution in [-0.4, -0.2) is 39.1 Å². The van der Waals surface area contributed by atoms with Crippen LogP contribution in [0.15, 0.2) is 12.1 Å². The van der Waals surface area contributed by atoms with E-state index in [0.29, 0.717) is 18.8 Å². The first kappa shape index (κ1) is 27.4. The molecule has 3 rings (SSSR count). The molecule has 194 valence electrons. The lowest BCUT2D eigenvalue weighted by Crippen LogP contribution is -2.45. The number of carbonyl (C=O) groups is 1. The van der Waals surface area contributed by atoms with Gasteiger partial charge in [0.05, 0.1) is 27.8 Å². The number of carbonyl (C=O) groups excluding carboxylic acids is 1. The fraction of sp³-hybridized carbons (Fsp3) is 0.583. The zero-order valence-corrected chi connectivity index (χ0v) is 20.5. The van der Waals surface area contributed by atoms with Crippen LogP contribution in [0.25, 0.3) is 11.3 Å². The number of halogens is 6. The number of nitrogens with one attached hydrogen (secondary N) is 1. The van der Waals surface area contributed by atoms with Gasteiger partial charge in [-0.05, 0) is 62.6 Å². The Kier molecular flexibility index (Phi) is 8.16. The molecule has 0 bridgehead atoms. The summed E-state index contributed by atoms with van der Waals surface area (Å²) in [4.78, 5) is 12.8. The Hall–Kier alpha value is -2.20. The highest BCUT2D eigenvalue weighted by atomic mass is 35.5. The van der Waals surface area contributed by atoms with E-state index < -0.39 is 47.2 Å². The molecule has 1 heterocycles. The molecule has 0 unspecified atom stereocenters. The Morgan fingerprint density at radius 2 is 1.86 bits per heavy atom. The first-order valence-corrected chi connectivity index (χ1v) is 12.0. The third-order valence-corrected chi connectivity index (χ3v) is 6.99. The molecule has 1 aliphatic carbocycles. The van der Waals surface area contributed by atoms with Crippen LogP contribution >= 0.6 is 11.6 Å². The molecule has 1 aromatic heterocycles. The molecule has 11 heteroatoms. The predicted octanol–water partition coefficient (Wildman–Crippen LogP) is 5.91. The molecule has 0 saturated heterocycles. The summed E-state index contributed by atoms with van der Waals surface area (Å²) >= 11 is 6.35. The summed E-state index contributed by atoms with van der Waals surface area (Å²) in [6.45, 7) is 4.77. The highest BCUT2D eigenvalue weighted by Crippen LogP contribution is 2.37. The number of aromatic nitrogens is 2. The van der Waals surface area contributed by atoms with Gasteiger partial charge in [0.15, 0.2) is 5.69 Å². The molecule has 1 aliphatic rings. The van der Waals surface area contributed by atoms with Crippen LogP contribution in [0.2, 0.25) is 5.02 Å². The zero-order chi connectivity index (χ0) is 26.1. The average molecular weight is 522 g/mol. The van der Waals surface area contributed by atoms with Crippen molar-refractivity contribution in [1.29, 1.82) is 0 Å². The van der Waals surface area contributed by atoms with E-state index in [-0.39, 0.29) is 35.1 Å². The molecule has 1 saturated carbocycles. The maximum Gasteiger partial charge on any atom is 0.391 e. The molecular weight excluding hydrogens is 493 g/mol. The van der Waals surface area contributed by atoms with Gasteiger partial charge in [0.25, 0.3) is 5.91 Å². The normalized spacial score (nSPS) is 21.7. The zero-order valence-electron chi connectivity index (χ0n) is 19.8. The lowest BCUT2D eigenvalue weighted by molar-refractivity contribution is -0.169. The standard InChI is InChI=1S/C24H29ClF5N3O2/c1-4-33-21(18-16(26)10-15(11-17(18)27)9-14(3)24(28,29)30)19(25)20(32-33)22(34)31-12-23(35)7-5-13(2)6-8-23/h10-11,13-14,35H,4-9,12H2,1-3H3,(H,31,34)/t13?,14-,23?/m0/s1. The smallest absolute Gasteiger partial charge is 0.388 e. The molecule has 0 spiro atoms. The summed E-state index contributed by atoms with van der Waals surface area (Å²) in [5.41, 5.74) is -2.22. The fourth-order valence-corrected chi connectivity index (χ4v) is 4.61. The van der Waals surface area contributed by atoms with Crippen LogP contribution in [0.5, 0.6) is 0 Å². The van der Waals surface area contributed by atoms with Crippen molar-refractivity contribution in [2.24, 2.45) is 11.8 Å². The number of nitrogens with zero attached hydrogens (tertiary/aromatic N) is 2. The highest BCUT2D eigenvalue weighted by Gasteiger charge is 2.36. The monoisotopic (exact) mass is 521 g/mol. The molecule has 0 radical (unpaired) electrons. The largest absolute Gasteiger partial charge is 0.391 e. The Bertz CT molecular complexity index is 1050. The second-order valence-corrected chi connectivity index (χ2v) is 9.88. The molecule has 2 N–H and O–H groups in total. The lowest BCUT2D eigenvalue weighted by Gasteiger charge is -2.34. The molecule has 0 aliphatic heterocycles. The fourth-order valence-electron chi connectivity index (χ4n) is 4.30. The van der Waals surface area contributed by atoms with Crippen molar-refractivity contribution >= 4 is 17.5 Å². The maximum atomic E-state index is 15.0. The van der Waals surface area contributed by atoms with Crippen LogP contribution in [0.1, 0.15) is 62.5 Å². The molecule has 35 heavy (non-hydrogen) atoms. The van der Waals surface area contributed by atoms with Crippen molar-refractivity contribution in [3.05, 3.63) is 40.0 Å². The molecule has 1 aromatic carbocycles. The SMILES string of the molecule is CCn1nc(C(=O)NCC2(O)CCC(C)CC2)c(Cl)c1-c1c(F)cc(C[C@H](C)C(F)(F)F)cc1F. The Morgan fingerprint density at radius 3 is 2.37 bits per heavy atom. The van der Waals surface area contributed by atoms with Gasteiger partial charge in [0, 0.05) is 13.1 Å². The number of hydrogen-bond acceptors (Lipinski definition) is 3. The van der Waals surface area contributed by atoms with E-state index in [1.54, 1.807) is 6.92 Å². The summed E-state index contributed by atoms with van der Waals surface area (Å²) in [6.07, 6.45) is -2.36. The van der Waals surface area contributed by atoms with E-state index in [4.69, 9.17) is 11.6 Å². The van der Waals surface area contributed by atoms with Gasteiger partial charge >= 0.3 is 6.18 Å². The number of rotatable bonds is 7. The van der Waals surface area contributed by atoms with Crippen molar-refractivity contribution in [3.63, 3.8) is 0 Å². The Balaban J connectivity index is 1.87. The highest BCUT2D eigenvalue weighted by molar-refractivity contribution is 6.36. The molecule has 1 fully saturated rings. The average Bonchev–Trinajstić information content (AvgIpc) is 3.09. The van der Waals surface area contributed by atoms with Crippen LogP contribution < -0.4 is 5.32 Å². The quantitative estimate of drug-likeness (QED) is 0.445. The second-order valence-electron chi connectivity index (χ2n) is 9.50. The molecule has 1 amide bonds. The Labute approximate surface area is 205 Å². The van der Waals surface area contributed by atoms with Gasteiger partial charge in [0.2, 0.25) is 0 Å². The summed E-state index contributed by atoms with van der Waals surface area (Å²) in [7, 11) is 0. The van der Waals surface area contributed by atoms with E-state index in [1.165, 1.54) is 0 Å². The summed E-state index contributed by atoms with van der Waals surface area (Å²) < 4.78 is 69.7. The molecule has 1 atom stereocenters. The first-order valence-electron chi connectivity index (χ1n) is 11.6. The van der Waals surface area contributed by atoms with Gasteiger partial charge in [-0.15, -0.1) is 0 Å². The van der Waals surface area contributed by atoms with Crippen LogP contribution in [0.4, 0.5) is 22.0 Å². The van der Waals surface area contributed by atoms with Crippen molar-refractivity contribution in [1.82, 2.24) is 15.1 Å². The summed E-state index contributed by atoms with van der Waals surface area (Å²) in [5, 5.41) is 17.1. The number of alkyl halides is 3. The van der Waals surface area contributed by atoms with Gasteiger partial charge in [0.1, 0.15) is 11.6 Å². The van der Waals surface area contributed by atoms with Crippen molar-refractivity contribution in [3.8, 4) is 11.3 Å². The van der Waals surface area contributed by atoms with E-state index in [1.807, 2.05) is 0 Å². The predicted molar refractivity (Wildman–Crippen MR) is 122 cm³/mol. The van der Waals surface area contributed by atoms with Crippen LogP contribution in [0, 0.1) is 23.5 Å². The lowest BCUT2D eigenvalue weighted by atomic mass is 9.79. The first-order chi connectivity index (χ1) is 16.3. The topological polar surface area (TPSA) is 67.2 Å². The third-order valence-electron chi connectivity index (χ3n) is 6.63. The summed E-state index contributed by atoms with van der Waals surface area (Å²) in [5.74, 6) is -4.20. The number of hydrogen-bond donors (Lipinski definition) is 2. The van der Waals surface area contributed by atoms with E-state index >= 15 is 0 Å². The minimum absolute atomic E-state index is 0.0159.